The van der Waals surface area contributed by atoms with Crippen molar-refractivity contribution in [1.82, 2.24) is 5.32 Å². The third-order valence-corrected chi connectivity index (χ3v) is 2.14. The van der Waals surface area contributed by atoms with Gasteiger partial charge in [0.2, 0.25) is 5.91 Å². The first-order chi connectivity index (χ1) is 8.25. The lowest BCUT2D eigenvalue weighted by molar-refractivity contribution is -0.155. The molecule has 0 saturated carbocycles. The number of amides is 1. The molecule has 0 bridgehead atoms. The Hall–Kier alpha value is -2.16. The highest BCUT2D eigenvalue weighted by molar-refractivity contribution is 5.93. The van der Waals surface area contributed by atoms with Crippen LogP contribution >= 0.6 is 0 Å². The second-order valence-electron chi connectivity index (χ2n) is 3.53. The van der Waals surface area contributed by atoms with Crippen molar-refractivity contribution in [3.05, 3.63) is 0 Å². The summed E-state index contributed by atoms with van der Waals surface area (Å²) in [5.41, 5.74) is 4.85. The summed E-state index contributed by atoms with van der Waals surface area (Å²) >= 11 is 0. The summed E-state index contributed by atoms with van der Waals surface area (Å²) < 4.78 is 0. The van der Waals surface area contributed by atoms with Gasteiger partial charge in [0, 0.05) is 13.0 Å². The highest BCUT2D eigenvalue weighted by atomic mass is 16.4. The number of carbonyl (C=O) groups is 4. The van der Waals surface area contributed by atoms with Gasteiger partial charge in [-0.2, -0.15) is 0 Å². The Labute approximate surface area is 102 Å². The quantitative estimate of drug-likeness (QED) is 0.300. The van der Waals surface area contributed by atoms with E-state index in [0.29, 0.717) is 0 Å². The summed E-state index contributed by atoms with van der Waals surface area (Å²) in [5, 5.41) is 28.2. The Morgan fingerprint density at radius 2 is 1.50 bits per heavy atom. The Kier molecular flexibility index (Phi) is 6.35. The van der Waals surface area contributed by atoms with Gasteiger partial charge in [-0.15, -0.1) is 0 Å². The standard InChI is InChI=1S/C9H14N2O7/c10-6(12)2-1-5(9(17)18)11-3-4(7(13)14)8(15)16/h4-5,11H,1-3H2,(H2,10,12)(H,13,14)(H,15,16)(H,17,18)/t5-/m0/s1. The average molecular weight is 262 g/mol. The van der Waals surface area contributed by atoms with Gasteiger partial charge in [-0.3, -0.25) is 19.2 Å². The van der Waals surface area contributed by atoms with Crippen molar-refractivity contribution >= 4 is 23.8 Å². The van der Waals surface area contributed by atoms with Crippen LogP contribution in [-0.4, -0.2) is 51.7 Å². The molecule has 18 heavy (non-hydrogen) atoms. The maximum Gasteiger partial charge on any atom is 0.320 e. The highest BCUT2D eigenvalue weighted by Crippen LogP contribution is 2.01. The van der Waals surface area contributed by atoms with E-state index in [4.69, 9.17) is 21.1 Å². The predicted molar refractivity (Wildman–Crippen MR) is 56.6 cm³/mol. The van der Waals surface area contributed by atoms with Crippen molar-refractivity contribution in [1.29, 1.82) is 0 Å². The Bertz CT molecular complexity index is 341. The number of aliphatic carboxylic acids is 3. The molecular formula is C9H14N2O7. The van der Waals surface area contributed by atoms with Crippen molar-refractivity contribution in [2.75, 3.05) is 6.54 Å². The van der Waals surface area contributed by atoms with Crippen LogP contribution in [-0.2, 0) is 19.2 Å². The van der Waals surface area contributed by atoms with Gasteiger partial charge in [-0.1, -0.05) is 0 Å². The van der Waals surface area contributed by atoms with Crippen LogP contribution in [0, 0.1) is 5.92 Å². The Morgan fingerprint density at radius 3 is 1.83 bits per heavy atom. The van der Waals surface area contributed by atoms with Crippen LogP contribution < -0.4 is 11.1 Å². The third-order valence-electron chi connectivity index (χ3n) is 2.14. The maximum atomic E-state index is 10.8. The van der Waals surface area contributed by atoms with Crippen molar-refractivity contribution in [3.8, 4) is 0 Å². The zero-order valence-electron chi connectivity index (χ0n) is 9.33. The summed E-state index contributed by atoms with van der Waals surface area (Å²) in [6.45, 7) is -0.555. The van der Waals surface area contributed by atoms with Crippen LogP contribution in [0.3, 0.4) is 0 Å². The van der Waals surface area contributed by atoms with Gasteiger partial charge < -0.3 is 26.4 Å². The predicted octanol–water partition coefficient (Wildman–Crippen LogP) is -1.92. The topological polar surface area (TPSA) is 167 Å². The molecule has 0 fully saturated rings. The number of carboxylic acids is 3. The van der Waals surface area contributed by atoms with Gasteiger partial charge in [-0.05, 0) is 6.42 Å². The molecule has 0 rings (SSSR count). The molecule has 0 radical (unpaired) electrons. The molecule has 102 valence electrons. The fourth-order valence-corrected chi connectivity index (χ4v) is 1.14. The van der Waals surface area contributed by atoms with Gasteiger partial charge in [0.1, 0.15) is 6.04 Å². The molecule has 0 saturated heterocycles. The summed E-state index contributed by atoms with van der Waals surface area (Å²) in [6.07, 6.45) is -0.342. The van der Waals surface area contributed by atoms with E-state index >= 15 is 0 Å². The molecule has 0 aliphatic rings. The number of primary amides is 1. The van der Waals surface area contributed by atoms with Crippen molar-refractivity contribution in [2.24, 2.45) is 11.7 Å². The molecule has 0 unspecified atom stereocenters. The van der Waals surface area contributed by atoms with Crippen LogP contribution in [0.1, 0.15) is 12.8 Å². The van der Waals surface area contributed by atoms with Crippen LogP contribution in [0.25, 0.3) is 0 Å². The molecule has 1 amide bonds. The number of rotatable bonds is 9. The van der Waals surface area contributed by atoms with E-state index in [0.717, 1.165) is 0 Å². The minimum Gasteiger partial charge on any atom is -0.481 e. The molecule has 0 spiro atoms. The second kappa shape index (κ2) is 7.22. The van der Waals surface area contributed by atoms with E-state index in [9.17, 15) is 19.2 Å². The van der Waals surface area contributed by atoms with Crippen LogP contribution in [0.2, 0.25) is 0 Å². The second-order valence-corrected chi connectivity index (χ2v) is 3.53. The zero-order valence-corrected chi connectivity index (χ0v) is 9.33. The maximum absolute atomic E-state index is 10.8. The van der Waals surface area contributed by atoms with E-state index in [2.05, 4.69) is 5.32 Å². The Morgan fingerprint density at radius 1 is 1.00 bits per heavy atom. The fraction of sp³-hybridized carbons (Fsp3) is 0.556. The first-order valence-electron chi connectivity index (χ1n) is 4.95. The molecule has 9 heteroatoms. The number of hydrogen-bond acceptors (Lipinski definition) is 5. The number of nitrogens with two attached hydrogens (primary N) is 1. The lowest BCUT2D eigenvalue weighted by atomic mass is 10.1. The Balaban J connectivity index is 4.41. The summed E-state index contributed by atoms with van der Waals surface area (Å²) in [6, 6.07) is -1.22. The highest BCUT2D eigenvalue weighted by Gasteiger charge is 2.28. The fourth-order valence-electron chi connectivity index (χ4n) is 1.14. The summed E-state index contributed by atoms with van der Waals surface area (Å²) in [7, 11) is 0. The van der Waals surface area contributed by atoms with E-state index in [-0.39, 0.29) is 12.8 Å². The molecule has 0 aromatic carbocycles. The average Bonchev–Trinajstić information content (AvgIpc) is 2.20. The van der Waals surface area contributed by atoms with Gasteiger partial charge in [-0.25, -0.2) is 0 Å². The molecule has 9 nitrogen and oxygen atoms in total. The van der Waals surface area contributed by atoms with Gasteiger partial charge >= 0.3 is 17.9 Å². The lowest BCUT2D eigenvalue weighted by Gasteiger charge is -2.15. The number of carbonyl (C=O) groups excluding carboxylic acids is 1. The summed E-state index contributed by atoms with van der Waals surface area (Å²) in [5.74, 6) is -6.91. The van der Waals surface area contributed by atoms with E-state index in [1.165, 1.54) is 0 Å². The molecule has 6 N–H and O–H groups in total. The minimum atomic E-state index is -1.75. The van der Waals surface area contributed by atoms with Crippen molar-refractivity contribution in [2.45, 2.75) is 18.9 Å². The molecule has 0 aliphatic carbocycles. The zero-order chi connectivity index (χ0) is 14.3. The minimum absolute atomic E-state index is 0.142. The molecule has 0 aromatic heterocycles. The summed E-state index contributed by atoms with van der Waals surface area (Å²) in [4.78, 5) is 42.3. The van der Waals surface area contributed by atoms with E-state index in [1.54, 1.807) is 0 Å². The molecule has 0 aliphatic heterocycles. The number of carboxylic acid groups (broad SMARTS) is 3. The SMILES string of the molecule is NC(=O)CC[C@H](NCC(C(=O)O)C(=O)O)C(=O)O. The van der Waals surface area contributed by atoms with Crippen molar-refractivity contribution < 1.29 is 34.5 Å². The lowest BCUT2D eigenvalue weighted by Crippen LogP contribution is -2.43. The first-order valence-corrected chi connectivity index (χ1v) is 4.95. The van der Waals surface area contributed by atoms with E-state index in [1.807, 2.05) is 0 Å². The number of hydrogen-bond donors (Lipinski definition) is 5. The van der Waals surface area contributed by atoms with Crippen LogP contribution in [0.15, 0.2) is 0 Å². The van der Waals surface area contributed by atoms with Gasteiger partial charge in [0.05, 0.1) is 0 Å². The van der Waals surface area contributed by atoms with Gasteiger partial charge in [0.15, 0.2) is 5.92 Å². The first kappa shape index (κ1) is 15.8. The normalized spacial score (nSPS) is 12.1. The van der Waals surface area contributed by atoms with Crippen LogP contribution in [0.5, 0.6) is 0 Å². The number of nitrogens with one attached hydrogen (secondary N) is 1. The van der Waals surface area contributed by atoms with E-state index < -0.39 is 42.3 Å². The van der Waals surface area contributed by atoms with Crippen molar-refractivity contribution in [3.63, 3.8) is 0 Å². The van der Waals surface area contributed by atoms with Crippen LogP contribution in [0.4, 0.5) is 0 Å². The molecule has 1 atom stereocenters. The smallest absolute Gasteiger partial charge is 0.320 e. The molecule has 0 aromatic rings. The molecular weight excluding hydrogens is 248 g/mol. The largest absolute Gasteiger partial charge is 0.481 e. The van der Waals surface area contributed by atoms with Gasteiger partial charge in [0.25, 0.3) is 0 Å². The molecule has 0 heterocycles. The third kappa shape index (κ3) is 5.80. The monoisotopic (exact) mass is 262 g/mol.